The maximum absolute atomic E-state index is 13.2. The molecule has 0 fully saturated rings. The summed E-state index contributed by atoms with van der Waals surface area (Å²) in [6.45, 7) is 0. The van der Waals surface area contributed by atoms with Crippen LogP contribution < -0.4 is 4.53 Å². The van der Waals surface area contributed by atoms with Gasteiger partial charge in [-0.15, -0.1) is 4.53 Å². The molecule has 0 unspecified atom stereocenters. The molecule has 0 saturated heterocycles. The van der Waals surface area contributed by atoms with E-state index in [0.29, 0.717) is 0 Å². The fraction of sp³-hybridized carbons (Fsp3) is 0.125. The van der Waals surface area contributed by atoms with Gasteiger partial charge < -0.3 is 0 Å². The van der Waals surface area contributed by atoms with Crippen LogP contribution in [-0.2, 0) is 10.0 Å². The molecule has 0 N–H and O–H groups in total. The van der Waals surface area contributed by atoms with Crippen molar-refractivity contribution in [3.8, 4) is 6.07 Å². The summed E-state index contributed by atoms with van der Waals surface area (Å²) >= 11 is 0. The first kappa shape index (κ1) is 10.5. The molecule has 0 aliphatic carbocycles. The monoisotopic (exact) mass is 214 g/mol. The first-order valence-corrected chi connectivity index (χ1v) is 5.47. The molecule has 0 bridgehead atoms. The molecule has 0 heterocycles. The van der Waals surface area contributed by atoms with Crippen molar-refractivity contribution in [3.05, 3.63) is 29.8 Å². The lowest BCUT2D eigenvalue weighted by atomic mass is 10.2. The highest BCUT2D eigenvalue weighted by Gasteiger charge is 2.19. The van der Waals surface area contributed by atoms with Crippen molar-refractivity contribution >= 4 is 15.7 Å². The maximum atomic E-state index is 13.2. The Bertz CT molecular complexity index is 478. The lowest BCUT2D eigenvalue weighted by molar-refractivity contribution is 0.498. The molecule has 0 amide bonds. The fourth-order valence-electron chi connectivity index (χ4n) is 0.900. The number of para-hydroxylation sites is 1. The zero-order valence-electron chi connectivity index (χ0n) is 7.31. The molecule has 0 spiro atoms. The molecule has 0 atom stereocenters. The normalized spacial score (nSPS) is 10.6. The van der Waals surface area contributed by atoms with Gasteiger partial charge in [0.15, 0.2) is 0 Å². The predicted octanol–water partition coefficient (Wildman–Crippen LogP) is 1.21. The lowest BCUT2D eigenvalue weighted by Crippen LogP contribution is -2.21. The lowest BCUT2D eigenvalue weighted by Gasteiger charge is -2.11. The minimum absolute atomic E-state index is 0.0274. The van der Waals surface area contributed by atoms with Gasteiger partial charge in [0.25, 0.3) is 10.0 Å². The van der Waals surface area contributed by atoms with E-state index < -0.39 is 14.6 Å². The van der Waals surface area contributed by atoms with E-state index in [2.05, 4.69) is 0 Å². The van der Waals surface area contributed by atoms with Crippen molar-refractivity contribution < 1.29 is 12.9 Å². The van der Waals surface area contributed by atoms with Crippen molar-refractivity contribution in [1.82, 2.24) is 0 Å². The number of nitriles is 1. The molecule has 1 aromatic carbocycles. The molecule has 6 heteroatoms. The number of halogens is 1. The van der Waals surface area contributed by atoms with Gasteiger partial charge in [-0.05, 0) is 12.1 Å². The summed E-state index contributed by atoms with van der Waals surface area (Å²) in [5.74, 6) is 0. The highest BCUT2D eigenvalue weighted by atomic mass is 32.2. The average Bonchev–Trinajstić information content (AvgIpc) is 2.15. The molecule has 1 rings (SSSR count). The predicted molar refractivity (Wildman–Crippen MR) is 49.6 cm³/mol. The Kier molecular flexibility index (Phi) is 2.72. The Hall–Kier alpha value is -1.61. The molecule has 14 heavy (non-hydrogen) atoms. The van der Waals surface area contributed by atoms with Crippen molar-refractivity contribution in [2.75, 3.05) is 10.8 Å². The summed E-state index contributed by atoms with van der Waals surface area (Å²) in [5.41, 5.74) is -0.294. The number of rotatable bonds is 2. The van der Waals surface area contributed by atoms with Gasteiger partial charge in [-0.1, -0.05) is 16.6 Å². The minimum Gasteiger partial charge on any atom is -0.204 e. The van der Waals surface area contributed by atoms with Gasteiger partial charge >= 0.3 is 0 Å². The molecule has 0 saturated carbocycles. The molecule has 1 aromatic rings. The first-order chi connectivity index (χ1) is 6.46. The molecule has 0 radical (unpaired) electrons. The summed E-state index contributed by atoms with van der Waals surface area (Å²) in [6.07, 6.45) is 0.723. The molecule has 0 aliphatic rings. The summed E-state index contributed by atoms with van der Waals surface area (Å²) in [4.78, 5) is 0. The second kappa shape index (κ2) is 3.64. The zero-order valence-corrected chi connectivity index (χ0v) is 8.12. The van der Waals surface area contributed by atoms with Crippen LogP contribution in [0.25, 0.3) is 0 Å². The molecular formula is C8H7FN2O2S. The van der Waals surface area contributed by atoms with E-state index in [1.165, 1.54) is 24.3 Å². The SMILES string of the molecule is CS(=O)(=O)N(F)c1ccccc1C#N. The number of nitrogens with zero attached hydrogens (tertiary/aromatic N) is 2. The summed E-state index contributed by atoms with van der Waals surface area (Å²) in [5, 5.41) is 8.59. The van der Waals surface area contributed by atoms with Gasteiger partial charge in [0, 0.05) is 0 Å². The van der Waals surface area contributed by atoms with Crippen LogP contribution in [0.2, 0.25) is 0 Å². The first-order valence-electron chi connectivity index (χ1n) is 3.62. The van der Waals surface area contributed by atoms with E-state index >= 15 is 0 Å². The number of benzene rings is 1. The van der Waals surface area contributed by atoms with Crippen LogP contribution in [0.1, 0.15) is 5.56 Å². The van der Waals surface area contributed by atoms with Crippen molar-refractivity contribution in [1.29, 1.82) is 5.26 Å². The van der Waals surface area contributed by atoms with Crippen molar-refractivity contribution in [2.24, 2.45) is 0 Å². The Morgan fingerprint density at radius 3 is 2.50 bits per heavy atom. The Morgan fingerprint density at radius 2 is 2.00 bits per heavy atom. The second-order valence-electron chi connectivity index (χ2n) is 2.61. The average molecular weight is 214 g/mol. The largest absolute Gasteiger partial charge is 0.258 e. The van der Waals surface area contributed by atoms with E-state index in [0.717, 1.165) is 6.26 Å². The van der Waals surface area contributed by atoms with E-state index in [-0.39, 0.29) is 11.3 Å². The summed E-state index contributed by atoms with van der Waals surface area (Å²) in [6, 6.07) is 7.24. The molecule has 4 nitrogen and oxygen atoms in total. The van der Waals surface area contributed by atoms with Crippen LogP contribution in [0.15, 0.2) is 24.3 Å². The van der Waals surface area contributed by atoms with Crippen LogP contribution in [-0.4, -0.2) is 14.7 Å². The van der Waals surface area contributed by atoms with Gasteiger partial charge in [-0.3, -0.25) is 0 Å². The van der Waals surface area contributed by atoms with Crippen molar-refractivity contribution in [3.63, 3.8) is 0 Å². The Morgan fingerprint density at radius 1 is 1.43 bits per heavy atom. The highest BCUT2D eigenvalue weighted by Crippen LogP contribution is 2.21. The van der Waals surface area contributed by atoms with Crippen LogP contribution in [0.3, 0.4) is 0 Å². The number of hydrogen-bond donors (Lipinski definition) is 0. The quantitative estimate of drug-likeness (QED) is 0.695. The molecule has 0 aliphatic heterocycles. The maximum Gasteiger partial charge on any atom is 0.258 e. The van der Waals surface area contributed by atoms with Gasteiger partial charge in [0.1, 0.15) is 11.8 Å². The third kappa shape index (κ3) is 2.00. The van der Waals surface area contributed by atoms with Gasteiger partial charge in [-0.25, -0.2) is 8.42 Å². The van der Waals surface area contributed by atoms with Gasteiger partial charge in [0.2, 0.25) is 0 Å². The highest BCUT2D eigenvalue weighted by molar-refractivity contribution is 7.91. The summed E-state index contributed by atoms with van der Waals surface area (Å²) in [7, 11) is -3.97. The van der Waals surface area contributed by atoms with Crippen LogP contribution >= 0.6 is 0 Å². The van der Waals surface area contributed by atoms with E-state index in [1.54, 1.807) is 6.07 Å². The fourth-order valence-corrected chi connectivity index (χ4v) is 1.42. The Labute approximate surface area is 81.2 Å². The van der Waals surface area contributed by atoms with E-state index in [9.17, 15) is 12.9 Å². The standard InChI is InChI=1S/C8H7FN2O2S/c1-14(12,13)11(9)8-5-3-2-4-7(8)6-10/h2-5H,1H3. The smallest absolute Gasteiger partial charge is 0.204 e. The van der Waals surface area contributed by atoms with Crippen LogP contribution in [0.4, 0.5) is 10.2 Å². The zero-order chi connectivity index (χ0) is 10.8. The molecule has 74 valence electrons. The Balaban J connectivity index is 3.28. The van der Waals surface area contributed by atoms with Crippen LogP contribution in [0, 0.1) is 11.3 Å². The molecule has 0 aromatic heterocycles. The second-order valence-corrected chi connectivity index (χ2v) is 4.39. The third-order valence-corrected chi connectivity index (χ3v) is 2.28. The third-order valence-electron chi connectivity index (χ3n) is 1.51. The number of hydrogen-bond acceptors (Lipinski definition) is 3. The topological polar surface area (TPSA) is 61.2 Å². The van der Waals surface area contributed by atoms with E-state index in [1.807, 2.05) is 0 Å². The number of anilines is 1. The molecular weight excluding hydrogens is 207 g/mol. The van der Waals surface area contributed by atoms with Crippen LogP contribution in [0.5, 0.6) is 0 Å². The summed E-state index contributed by atoms with van der Waals surface area (Å²) < 4.78 is 34.5. The number of sulfonamides is 1. The van der Waals surface area contributed by atoms with E-state index in [4.69, 9.17) is 5.26 Å². The minimum atomic E-state index is -3.97. The van der Waals surface area contributed by atoms with Crippen molar-refractivity contribution in [2.45, 2.75) is 0 Å². The van der Waals surface area contributed by atoms with Gasteiger partial charge in [-0.2, -0.15) is 5.26 Å². The van der Waals surface area contributed by atoms with Gasteiger partial charge in [0.05, 0.1) is 11.8 Å².